The van der Waals surface area contributed by atoms with Gasteiger partial charge in [0.15, 0.2) is 0 Å². The van der Waals surface area contributed by atoms with Gasteiger partial charge in [-0.2, -0.15) is 0 Å². The van der Waals surface area contributed by atoms with Gasteiger partial charge >= 0.3 is 5.69 Å². The van der Waals surface area contributed by atoms with Gasteiger partial charge in [-0.1, -0.05) is 0 Å². The van der Waals surface area contributed by atoms with Crippen LogP contribution >= 0.6 is 15.9 Å². The summed E-state index contributed by atoms with van der Waals surface area (Å²) in [6, 6.07) is 6.00. The topological polar surface area (TPSA) is 74.5 Å². The molecular formula is C12H9BrN2O4. The third kappa shape index (κ3) is 3.00. The van der Waals surface area contributed by atoms with Crippen molar-refractivity contribution in [2.45, 2.75) is 0 Å². The van der Waals surface area contributed by atoms with Crippen molar-refractivity contribution in [1.29, 1.82) is 0 Å². The number of nitrogens with zero attached hydrogens (tertiary/aromatic N) is 2. The lowest BCUT2D eigenvalue weighted by Crippen LogP contribution is -1.95. The van der Waals surface area contributed by atoms with Crippen LogP contribution in [0.2, 0.25) is 0 Å². The molecule has 0 aliphatic heterocycles. The molecule has 0 aliphatic rings. The number of hydrogen-bond acceptors (Lipinski definition) is 5. The first-order chi connectivity index (χ1) is 9.11. The number of hydrogen-bond donors (Lipinski definition) is 0. The molecule has 1 aromatic heterocycles. The summed E-state index contributed by atoms with van der Waals surface area (Å²) in [5.41, 5.74) is -0.164. The predicted octanol–water partition coefficient (Wildman–Crippen LogP) is 3.55. The van der Waals surface area contributed by atoms with Crippen molar-refractivity contribution < 1.29 is 14.4 Å². The van der Waals surface area contributed by atoms with Gasteiger partial charge in [0.05, 0.1) is 22.6 Å². The molecule has 7 heteroatoms. The lowest BCUT2D eigenvalue weighted by molar-refractivity contribution is -0.385. The Kier molecular flexibility index (Phi) is 3.96. The highest BCUT2D eigenvalue weighted by molar-refractivity contribution is 9.10. The van der Waals surface area contributed by atoms with Gasteiger partial charge in [-0.25, -0.2) is 0 Å². The molecule has 0 fully saturated rings. The van der Waals surface area contributed by atoms with Gasteiger partial charge in [-0.05, 0) is 28.1 Å². The zero-order valence-electron chi connectivity index (χ0n) is 9.87. The first kappa shape index (κ1) is 13.3. The van der Waals surface area contributed by atoms with E-state index in [0.717, 1.165) is 0 Å². The third-order valence-electron chi connectivity index (χ3n) is 2.32. The zero-order valence-corrected chi connectivity index (χ0v) is 11.5. The molecule has 0 N–H and O–H groups in total. The first-order valence-electron chi connectivity index (χ1n) is 5.21. The van der Waals surface area contributed by atoms with Gasteiger partial charge in [-0.3, -0.25) is 15.1 Å². The summed E-state index contributed by atoms with van der Waals surface area (Å²) in [7, 11) is 1.44. The summed E-state index contributed by atoms with van der Waals surface area (Å²) < 4.78 is 11.1. The highest BCUT2D eigenvalue weighted by Gasteiger charge is 2.18. The first-order valence-corrected chi connectivity index (χ1v) is 6.01. The minimum absolute atomic E-state index is 0.137. The Morgan fingerprint density at radius 1 is 1.32 bits per heavy atom. The second-order valence-corrected chi connectivity index (χ2v) is 4.35. The summed E-state index contributed by atoms with van der Waals surface area (Å²) in [4.78, 5) is 14.4. The van der Waals surface area contributed by atoms with E-state index >= 15 is 0 Å². The summed E-state index contributed by atoms with van der Waals surface area (Å²) in [6.45, 7) is 0. The fraction of sp³-hybridized carbons (Fsp3) is 0.0833. The molecule has 2 rings (SSSR count). The van der Waals surface area contributed by atoms with E-state index in [0.29, 0.717) is 16.0 Å². The molecule has 1 aromatic carbocycles. The molecule has 0 aliphatic carbocycles. The number of pyridine rings is 1. The van der Waals surface area contributed by atoms with E-state index in [9.17, 15) is 10.1 Å². The van der Waals surface area contributed by atoms with Gasteiger partial charge < -0.3 is 9.47 Å². The highest BCUT2D eigenvalue weighted by atomic mass is 79.9. The van der Waals surface area contributed by atoms with Crippen molar-refractivity contribution in [3.05, 3.63) is 51.2 Å². The predicted molar refractivity (Wildman–Crippen MR) is 71.7 cm³/mol. The highest BCUT2D eigenvalue weighted by Crippen LogP contribution is 2.36. The Balaban J connectivity index is 2.40. The maximum absolute atomic E-state index is 11.0. The molecule has 0 amide bonds. The largest absolute Gasteiger partial charge is 0.496 e. The molecule has 1 heterocycles. The zero-order chi connectivity index (χ0) is 13.8. The molecule has 0 spiro atoms. The number of benzene rings is 1. The van der Waals surface area contributed by atoms with E-state index in [1.54, 1.807) is 18.3 Å². The van der Waals surface area contributed by atoms with Crippen molar-refractivity contribution in [3.8, 4) is 17.2 Å². The fourth-order valence-electron chi connectivity index (χ4n) is 1.42. The standard InChI is InChI=1S/C12H9BrN2O4/c1-18-8-2-3-12(10(6-8)15(16)17)19-11-4-5-14-7-9(11)13/h2-7H,1H3. The number of aromatic nitrogens is 1. The molecule has 98 valence electrons. The van der Waals surface area contributed by atoms with Crippen LogP contribution < -0.4 is 9.47 Å². The van der Waals surface area contributed by atoms with Crippen molar-refractivity contribution in [3.63, 3.8) is 0 Å². The molecule has 0 saturated carbocycles. The summed E-state index contributed by atoms with van der Waals surface area (Å²) in [5, 5.41) is 11.0. The lowest BCUT2D eigenvalue weighted by Gasteiger charge is -2.08. The maximum Gasteiger partial charge on any atom is 0.315 e. The van der Waals surface area contributed by atoms with E-state index in [1.807, 2.05) is 0 Å². The van der Waals surface area contributed by atoms with Gasteiger partial charge in [-0.15, -0.1) is 0 Å². The maximum atomic E-state index is 11.0. The normalized spacial score (nSPS) is 10.0. The summed E-state index contributed by atoms with van der Waals surface area (Å²) in [6.07, 6.45) is 3.08. The third-order valence-corrected chi connectivity index (χ3v) is 2.91. The van der Waals surface area contributed by atoms with Crippen molar-refractivity contribution in [2.75, 3.05) is 7.11 Å². The second-order valence-electron chi connectivity index (χ2n) is 3.50. The number of nitro benzene ring substituents is 1. The Labute approximate surface area is 117 Å². The van der Waals surface area contributed by atoms with E-state index in [4.69, 9.17) is 9.47 Å². The molecule has 6 nitrogen and oxygen atoms in total. The van der Waals surface area contributed by atoms with Crippen LogP contribution in [0.1, 0.15) is 0 Å². The van der Waals surface area contributed by atoms with Crippen molar-refractivity contribution in [2.24, 2.45) is 0 Å². The molecule has 0 unspecified atom stereocenters. The SMILES string of the molecule is COc1ccc(Oc2ccncc2Br)c([N+](=O)[O-])c1. The quantitative estimate of drug-likeness (QED) is 0.635. The number of ether oxygens (including phenoxy) is 2. The van der Waals surface area contributed by atoms with Gasteiger partial charge in [0.2, 0.25) is 5.75 Å². The average Bonchev–Trinajstić information content (AvgIpc) is 2.41. The van der Waals surface area contributed by atoms with Gasteiger partial charge in [0.25, 0.3) is 0 Å². The lowest BCUT2D eigenvalue weighted by atomic mass is 10.3. The number of halogens is 1. The molecule has 2 aromatic rings. The smallest absolute Gasteiger partial charge is 0.315 e. The molecule has 0 radical (unpaired) electrons. The molecule has 19 heavy (non-hydrogen) atoms. The van der Waals surface area contributed by atoms with Crippen LogP contribution in [0.4, 0.5) is 5.69 Å². The second kappa shape index (κ2) is 5.66. The molecule has 0 bridgehead atoms. The van der Waals surface area contributed by atoms with E-state index in [-0.39, 0.29) is 11.4 Å². The Morgan fingerprint density at radius 2 is 2.11 bits per heavy atom. The molecular weight excluding hydrogens is 316 g/mol. The Bertz CT molecular complexity index is 618. The van der Waals surface area contributed by atoms with Gasteiger partial charge in [0.1, 0.15) is 11.5 Å². The van der Waals surface area contributed by atoms with Crippen LogP contribution in [-0.2, 0) is 0 Å². The van der Waals surface area contributed by atoms with Crippen molar-refractivity contribution >= 4 is 21.6 Å². The minimum atomic E-state index is -0.521. The summed E-state index contributed by atoms with van der Waals surface area (Å²) in [5.74, 6) is 0.980. The Morgan fingerprint density at radius 3 is 2.74 bits per heavy atom. The van der Waals surface area contributed by atoms with Crippen LogP contribution in [0, 0.1) is 10.1 Å². The van der Waals surface area contributed by atoms with Crippen molar-refractivity contribution in [1.82, 2.24) is 4.98 Å². The Hall–Kier alpha value is -2.15. The van der Waals surface area contributed by atoms with E-state index in [2.05, 4.69) is 20.9 Å². The molecule has 0 atom stereocenters. The van der Waals surface area contributed by atoms with Crippen LogP contribution in [0.25, 0.3) is 0 Å². The van der Waals surface area contributed by atoms with Crippen LogP contribution in [0.5, 0.6) is 17.2 Å². The summed E-state index contributed by atoms with van der Waals surface area (Å²) >= 11 is 3.26. The molecule has 0 saturated heterocycles. The number of methoxy groups -OCH3 is 1. The van der Waals surface area contributed by atoms with Crippen LogP contribution in [0.15, 0.2) is 41.1 Å². The number of rotatable bonds is 4. The van der Waals surface area contributed by atoms with E-state index in [1.165, 1.54) is 25.4 Å². The van der Waals surface area contributed by atoms with Crippen LogP contribution in [-0.4, -0.2) is 17.0 Å². The monoisotopic (exact) mass is 324 g/mol. The average molecular weight is 325 g/mol. The fourth-order valence-corrected chi connectivity index (χ4v) is 1.75. The van der Waals surface area contributed by atoms with Crippen LogP contribution in [0.3, 0.4) is 0 Å². The minimum Gasteiger partial charge on any atom is -0.496 e. The van der Waals surface area contributed by atoms with Gasteiger partial charge in [0, 0.05) is 18.5 Å². The number of nitro groups is 1. The van der Waals surface area contributed by atoms with E-state index < -0.39 is 4.92 Å².